The SMILES string of the molecule is C/C=C(C(/C)=C/Nc1ncc(-c2cnc(N(C)CCN(C)C)c(C(=O)N(C)C)c2)cc1C)\C(=C/C)OC.C=C.CC. The van der Waals surface area contributed by atoms with E-state index in [-0.39, 0.29) is 5.91 Å². The van der Waals surface area contributed by atoms with Crippen LogP contribution in [0.25, 0.3) is 11.1 Å². The minimum Gasteiger partial charge on any atom is -0.496 e. The number of rotatable bonds is 11. The van der Waals surface area contributed by atoms with Gasteiger partial charge in [-0.3, -0.25) is 4.79 Å². The lowest BCUT2D eigenvalue weighted by Crippen LogP contribution is -2.31. The van der Waals surface area contributed by atoms with E-state index in [0.29, 0.717) is 11.4 Å². The predicted molar refractivity (Wildman–Crippen MR) is 177 cm³/mol. The summed E-state index contributed by atoms with van der Waals surface area (Å²) in [5.74, 6) is 2.17. The number of pyridine rings is 2. The van der Waals surface area contributed by atoms with Crippen LogP contribution in [-0.2, 0) is 4.74 Å². The molecule has 2 heterocycles. The first-order chi connectivity index (χ1) is 19.5. The number of hydrogen-bond donors (Lipinski definition) is 1. The van der Waals surface area contributed by atoms with Gasteiger partial charge in [-0.15, -0.1) is 13.2 Å². The first kappa shape index (κ1) is 37.1. The summed E-state index contributed by atoms with van der Waals surface area (Å²) < 4.78 is 5.47. The number of nitrogens with zero attached hydrogens (tertiary/aromatic N) is 5. The van der Waals surface area contributed by atoms with Crippen molar-refractivity contribution < 1.29 is 9.53 Å². The quantitative estimate of drug-likeness (QED) is 0.183. The molecule has 8 heteroatoms. The Morgan fingerprint density at radius 2 is 1.56 bits per heavy atom. The topological polar surface area (TPSA) is 73.8 Å². The Morgan fingerprint density at radius 1 is 0.976 bits per heavy atom. The van der Waals surface area contributed by atoms with Crippen LogP contribution in [-0.4, -0.2) is 81.1 Å². The van der Waals surface area contributed by atoms with Gasteiger partial charge in [0.05, 0.1) is 12.7 Å². The summed E-state index contributed by atoms with van der Waals surface area (Å²) in [5.41, 5.74) is 5.35. The van der Waals surface area contributed by atoms with Gasteiger partial charge in [0.2, 0.25) is 0 Å². The molecule has 0 radical (unpaired) electrons. The third kappa shape index (κ3) is 10.9. The molecule has 0 saturated carbocycles. The van der Waals surface area contributed by atoms with Gasteiger partial charge in [-0.2, -0.15) is 0 Å². The first-order valence-corrected chi connectivity index (χ1v) is 13.9. The molecule has 0 aliphatic rings. The normalized spacial score (nSPS) is 11.6. The molecule has 0 aliphatic heterocycles. The molecule has 1 amide bonds. The molecule has 0 spiro atoms. The van der Waals surface area contributed by atoms with Gasteiger partial charge in [0.15, 0.2) is 0 Å². The number of anilines is 2. The van der Waals surface area contributed by atoms with Crippen molar-refractivity contribution in [3.8, 4) is 11.1 Å². The fourth-order valence-corrected chi connectivity index (χ4v) is 3.86. The van der Waals surface area contributed by atoms with E-state index in [9.17, 15) is 4.79 Å². The molecule has 0 saturated heterocycles. The summed E-state index contributed by atoms with van der Waals surface area (Å²) in [4.78, 5) is 28.1. The van der Waals surface area contributed by atoms with E-state index >= 15 is 0 Å². The van der Waals surface area contributed by atoms with Crippen molar-refractivity contribution in [1.82, 2.24) is 19.8 Å². The average Bonchev–Trinajstić information content (AvgIpc) is 2.98. The zero-order valence-corrected chi connectivity index (χ0v) is 27.4. The lowest BCUT2D eigenvalue weighted by molar-refractivity contribution is 0.0828. The second-order valence-electron chi connectivity index (χ2n) is 9.44. The molecule has 0 atom stereocenters. The Labute approximate surface area is 249 Å². The molecular weight excluding hydrogens is 512 g/mol. The number of hydrogen-bond acceptors (Lipinski definition) is 7. The highest BCUT2D eigenvalue weighted by atomic mass is 16.5. The van der Waals surface area contributed by atoms with Crippen molar-refractivity contribution in [2.75, 3.05) is 65.7 Å². The van der Waals surface area contributed by atoms with Gasteiger partial charge in [0.25, 0.3) is 5.91 Å². The van der Waals surface area contributed by atoms with E-state index in [0.717, 1.165) is 52.5 Å². The third-order valence-electron chi connectivity index (χ3n) is 6.05. The Kier molecular flexibility index (Phi) is 17.4. The van der Waals surface area contributed by atoms with Gasteiger partial charge >= 0.3 is 0 Å². The van der Waals surface area contributed by atoms with E-state index in [1.165, 1.54) is 0 Å². The molecule has 41 heavy (non-hydrogen) atoms. The van der Waals surface area contributed by atoms with Crippen molar-refractivity contribution in [2.24, 2.45) is 0 Å². The summed E-state index contributed by atoms with van der Waals surface area (Å²) in [7, 11) is 11.2. The van der Waals surface area contributed by atoms with Crippen LogP contribution < -0.4 is 10.2 Å². The highest BCUT2D eigenvalue weighted by Gasteiger charge is 2.19. The molecule has 226 valence electrons. The number of nitrogens with one attached hydrogen (secondary N) is 1. The molecule has 8 nitrogen and oxygen atoms in total. The fourth-order valence-electron chi connectivity index (χ4n) is 3.86. The second kappa shape index (κ2) is 19.2. The maximum Gasteiger partial charge on any atom is 0.257 e. The number of amides is 1. The Balaban J connectivity index is 0.00000382. The van der Waals surface area contributed by atoms with Crippen LogP contribution in [0.5, 0.6) is 0 Å². The van der Waals surface area contributed by atoms with Crippen LogP contribution in [0.1, 0.15) is 50.5 Å². The van der Waals surface area contributed by atoms with E-state index in [4.69, 9.17) is 9.72 Å². The fraction of sp³-hybridized carbons (Fsp3) is 0.424. The summed E-state index contributed by atoms with van der Waals surface area (Å²) in [6, 6.07) is 3.96. The maximum absolute atomic E-state index is 13.0. The number of likely N-dealkylation sites (N-methyl/N-ethyl adjacent to an activating group) is 2. The zero-order valence-electron chi connectivity index (χ0n) is 27.4. The van der Waals surface area contributed by atoms with Crippen LogP contribution in [0.4, 0.5) is 11.6 Å². The monoisotopic (exact) mass is 564 g/mol. The molecule has 2 aromatic heterocycles. The van der Waals surface area contributed by atoms with Crippen LogP contribution in [0.2, 0.25) is 0 Å². The van der Waals surface area contributed by atoms with E-state index in [2.05, 4.69) is 34.4 Å². The summed E-state index contributed by atoms with van der Waals surface area (Å²) in [6.45, 7) is 19.6. The summed E-state index contributed by atoms with van der Waals surface area (Å²) in [5, 5.41) is 3.32. The van der Waals surface area contributed by atoms with E-state index in [1.807, 2.05) is 98.2 Å². The zero-order chi connectivity index (χ0) is 31.7. The lowest BCUT2D eigenvalue weighted by atomic mass is 10.0. The summed E-state index contributed by atoms with van der Waals surface area (Å²) in [6.07, 6.45) is 9.51. The molecule has 0 aliphatic carbocycles. The maximum atomic E-state index is 13.0. The average molecular weight is 565 g/mol. The number of ether oxygens (including phenoxy) is 1. The molecule has 0 bridgehead atoms. The van der Waals surface area contributed by atoms with Gasteiger partial charge in [-0.1, -0.05) is 19.9 Å². The molecule has 0 unspecified atom stereocenters. The lowest BCUT2D eigenvalue weighted by Gasteiger charge is -2.24. The smallest absolute Gasteiger partial charge is 0.257 e. The number of allylic oxidation sites excluding steroid dienone is 3. The number of aryl methyl sites for hydroxylation is 1. The number of aromatic nitrogens is 2. The van der Waals surface area contributed by atoms with Crippen LogP contribution in [0, 0.1) is 6.92 Å². The van der Waals surface area contributed by atoms with Crippen LogP contribution >= 0.6 is 0 Å². The molecule has 0 aromatic carbocycles. The molecule has 2 rings (SSSR count). The van der Waals surface area contributed by atoms with Crippen molar-refractivity contribution >= 4 is 17.5 Å². The number of carbonyl (C=O) groups excluding carboxylic acids is 1. The van der Waals surface area contributed by atoms with Crippen molar-refractivity contribution in [3.05, 3.63) is 84.1 Å². The predicted octanol–water partition coefficient (Wildman–Crippen LogP) is 6.79. The minimum absolute atomic E-state index is 0.0824. The Morgan fingerprint density at radius 3 is 2.05 bits per heavy atom. The first-order valence-electron chi connectivity index (χ1n) is 13.9. The largest absolute Gasteiger partial charge is 0.496 e. The van der Waals surface area contributed by atoms with Crippen LogP contribution in [0.3, 0.4) is 0 Å². The van der Waals surface area contributed by atoms with Gasteiger partial charge in [0.1, 0.15) is 17.4 Å². The Hall–Kier alpha value is -3.91. The van der Waals surface area contributed by atoms with Gasteiger partial charge in [-0.05, 0) is 71.1 Å². The van der Waals surface area contributed by atoms with Gasteiger partial charge in [0, 0.05) is 69.5 Å². The van der Waals surface area contributed by atoms with Crippen molar-refractivity contribution in [1.29, 1.82) is 0 Å². The highest BCUT2D eigenvalue weighted by molar-refractivity contribution is 5.99. The minimum atomic E-state index is -0.0824. The Bertz CT molecular complexity index is 1200. The highest BCUT2D eigenvalue weighted by Crippen LogP contribution is 2.28. The standard InChI is InChI=1S/C29H42N6O2.C2H6.C2H4/c1-11-24(26(12-2)37-10)21(4)17-30-27-20(3)15-22(18-31-27)23-16-25(29(36)34(7)8)28(32-19-23)35(9)14-13-33(5)6;2*1-2/h11-12,15-19H,13-14H2,1-10H3,(H,30,31);1-2H3;1-2H2/b21-17+,24-11-,26-12+;;. The van der Waals surface area contributed by atoms with E-state index < -0.39 is 0 Å². The molecular formula is C33H52N6O2. The number of carbonyl (C=O) groups is 1. The van der Waals surface area contributed by atoms with Crippen molar-refractivity contribution in [2.45, 2.75) is 41.5 Å². The van der Waals surface area contributed by atoms with E-state index in [1.54, 1.807) is 32.3 Å². The third-order valence-corrected chi connectivity index (χ3v) is 6.05. The molecule has 2 aromatic rings. The summed E-state index contributed by atoms with van der Waals surface area (Å²) >= 11 is 0. The van der Waals surface area contributed by atoms with Crippen LogP contribution in [0.15, 0.2) is 72.9 Å². The second-order valence-corrected chi connectivity index (χ2v) is 9.44. The number of methoxy groups -OCH3 is 1. The molecule has 0 fully saturated rings. The van der Waals surface area contributed by atoms with Gasteiger partial charge in [-0.25, -0.2) is 9.97 Å². The van der Waals surface area contributed by atoms with Crippen molar-refractivity contribution in [3.63, 3.8) is 0 Å². The van der Waals surface area contributed by atoms with Gasteiger partial charge < -0.3 is 24.8 Å². The molecule has 1 N–H and O–H groups in total.